The molecule has 1 aromatic rings. The van der Waals surface area contributed by atoms with Gasteiger partial charge in [0.05, 0.1) is 11.5 Å². The van der Waals surface area contributed by atoms with E-state index in [0.29, 0.717) is 11.6 Å². The number of carbonyl (C=O) groups is 1. The highest BCUT2D eigenvalue weighted by atomic mass is 35.5. The SMILES string of the molecule is O=C(CN1CCC(CO)C1)Nc1cc(Cl)ccc1[N+](=O)[O-]. The van der Waals surface area contributed by atoms with Gasteiger partial charge >= 0.3 is 0 Å². The summed E-state index contributed by atoms with van der Waals surface area (Å²) in [5, 5.41) is 22.8. The summed E-state index contributed by atoms with van der Waals surface area (Å²) in [6.07, 6.45) is 0.848. The van der Waals surface area contributed by atoms with Gasteiger partial charge in [-0.3, -0.25) is 19.8 Å². The molecule has 1 aliphatic heterocycles. The van der Waals surface area contributed by atoms with E-state index >= 15 is 0 Å². The molecule has 7 nitrogen and oxygen atoms in total. The topological polar surface area (TPSA) is 95.7 Å². The first-order valence-electron chi connectivity index (χ1n) is 6.56. The Morgan fingerprint density at radius 1 is 1.57 bits per heavy atom. The van der Waals surface area contributed by atoms with Gasteiger partial charge in [-0.15, -0.1) is 0 Å². The van der Waals surface area contributed by atoms with Crippen molar-refractivity contribution in [3.05, 3.63) is 33.3 Å². The van der Waals surface area contributed by atoms with Gasteiger partial charge in [-0.05, 0) is 31.0 Å². The third kappa shape index (κ3) is 4.13. The molecule has 2 N–H and O–H groups in total. The van der Waals surface area contributed by atoms with Crippen LogP contribution in [0.15, 0.2) is 18.2 Å². The number of hydrogen-bond donors (Lipinski definition) is 2. The van der Waals surface area contributed by atoms with E-state index in [9.17, 15) is 14.9 Å². The number of rotatable bonds is 5. The van der Waals surface area contributed by atoms with Gasteiger partial charge in [-0.1, -0.05) is 11.6 Å². The molecule has 1 aromatic carbocycles. The monoisotopic (exact) mass is 313 g/mol. The number of halogens is 1. The Labute approximate surface area is 126 Å². The van der Waals surface area contributed by atoms with E-state index in [0.717, 1.165) is 13.0 Å². The van der Waals surface area contributed by atoms with Crippen LogP contribution < -0.4 is 5.32 Å². The van der Waals surface area contributed by atoms with Crippen LogP contribution in [0.25, 0.3) is 0 Å². The van der Waals surface area contributed by atoms with Crippen LogP contribution in [0.5, 0.6) is 0 Å². The fourth-order valence-electron chi connectivity index (χ4n) is 2.37. The molecule has 0 spiro atoms. The van der Waals surface area contributed by atoms with Gasteiger partial charge < -0.3 is 10.4 Å². The van der Waals surface area contributed by atoms with Crippen molar-refractivity contribution in [2.45, 2.75) is 6.42 Å². The van der Waals surface area contributed by atoms with Gasteiger partial charge in [0, 0.05) is 24.2 Å². The summed E-state index contributed by atoms with van der Waals surface area (Å²) in [6, 6.07) is 4.02. The normalized spacial score (nSPS) is 18.7. The lowest BCUT2D eigenvalue weighted by atomic mass is 10.1. The molecule has 21 heavy (non-hydrogen) atoms. The molecule has 1 saturated heterocycles. The highest BCUT2D eigenvalue weighted by Crippen LogP contribution is 2.27. The number of nitrogens with zero attached hydrogens (tertiary/aromatic N) is 2. The molecule has 1 unspecified atom stereocenters. The highest BCUT2D eigenvalue weighted by molar-refractivity contribution is 6.31. The van der Waals surface area contributed by atoms with Gasteiger partial charge in [-0.2, -0.15) is 0 Å². The molecule has 1 heterocycles. The summed E-state index contributed by atoms with van der Waals surface area (Å²) in [5.41, 5.74) is -0.0992. The van der Waals surface area contributed by atoms with Crippen LogP contribution in [0.4, 0.5) is 11.4 Å². The van der Waals surface area contributed by atoms with E-state index in [-0.39, 0.29) is 36.4 Å². The van der Waals surface area contributed by atoms with Crippen molar-refractivity contribution in [2.24, 2.45) is 5.92 Å². The van der Waals surface area contributed by atoms with E-state index in [4.69, 9.17) is 16.7 Å². The fourth-order valence-corrected chi connectivity index (χ4v) is 2.54. The second-order valence-electron chi connectivity index (χ2n) is 5.04. The molecule has 2 rings (SSSR count). The number of hydrogen-bond acceptors (Lipinski definition) is 5. The van der Waals surface area contributed by atoms with E-state index in [1.807, 2.05) is 4.90 Å². The van der Waals surface area contributed by atoms with E-state index in [1.165, 1.54) is 18.2 Å². The number of anilines is 1. The minimum Gasteiger partial charge on any atom is -0.396 e. The zero-order chi connectivity index (χ0) is 15.4. The van der Waals surface area contributed by atoms with Crippen molar-refractivity contribution in [3.8, 4) is 0 Å². The number of nitrogens with one attached hydrogen (secondary N) is 1. The zero-order valence-electron chi connectivity index (χ0n) is 11.3. The average molecular weight is 314 g/mol. The molecule has 0 aromatic heterocycles. The highest BCUT2D eigenvalue weighted by Gasteiger charge is 2.24. The summed E-state index contributed by atoms with van der Waals surface area (Å²) in [7, 11) is 0. The Morgan fingerprint density at radius 3 is 2.95 bits per heavy atom. The molecular weight excluding hydrogens is 298 g/mol. The first kappa shape index (κ1) is 15.7. The molecular formula is C13H16ClN3O4. The molecule has 1 fully saturated rings. The maximum atomic E-state index is 12.0. The Morgan fingerprint density at radius 2 is 2.33 bits per heavy atom. The van der Waals surface area contributed by atoms with Crippen molar-refractivity contribution in [2.75, 3.05) is 31.6 Å². The standard InChI is InChI=1S/C13H16ClN3O4/c14-10-1-2-12(17(20)21)11(5-10)15-13(19)7-16-4-3-9(6-16)8-18/h1-2,5,9,18H,3-4,6-8H2,(H,15,19). The summed E-state index contributed by atoms with van der Waals surface area (Å²) in [6.45, 7) is 1.63. The van der Waals surface area contributed by atoms with Gasteiger partial charge in [0.1, 0.15) is 5.69 Å². The van der Waals surface area contributed by atoms with Gasteiger partial charge in [0.25, 0.3) is 5.69 Å². The quantitative estimate of drug-likeness (QED) is 0.634. The molecule has 1 amide bonds. The third-order valence-electron chi connectivity index (χ3n) is 3.42. The second-order valence-corrected chi connectivity index (χ2v) is 5.48. The summed E-state index contributed by atoms with van der Waals surface area (Å²) >= 11 is 5.80. The van der Waals surface area contributed by atoms with Crippen molar-refractivity contribution in [1.82, 2.24) is 4.90 Å². The first-order valence-corrected chi connectivity index (χ1v) is 6.94. The smallest absolute Gasteiger partial charge is 0.292 e. The lowest BCUT2D eigenvalue weighted by Gasteiger charge is -2.15. The molecule has 0 aliphatic carbocycles. The molecule has 0 bridgehead atoms. The van der Waals surface area contributed by atoms with E-state index in [1.54, 1.807) is 0 Å². The van der Waals surface area contributed by atoms with Crippen molar-refractivity contribution in [3.63, 3.8) is 0 Å². The number of nitro groups is 1. The summed E-state index contributed by atoms with van der Waals surface area (Å²) in [4.78, 5) is 24.2. The number of aliphatic hydroxyl groups excluding tert-OH is 1. The molecule has 1 atom stereocenters. The van der Waals surface area contributed by atoms with Crippen molar-refractivity contribution < 1.29 is 14.8 Å². The molecule has 1 aliphatic rings. The Bertz CT molecular complexity index is 552. The average Bonchev–Trinajstić information content (AvgIpc) is 2.85. The molecule has 0 radical (unpaired) electrons. The van der Waals surface area contributed by atoms with Crippen LogP contribution >= 0.6 is 11.6 Å². The number of nitro benzene ring substituents is 1. The molecule has 8 heteroatoms. The Kier molecular flexibility index (Phi) is 5.11. The predicted molar refractivity (Wildman–Crippen MR) is 78.4 cm³/mol. The van der Waals surface area contributed by atoms with E-state index in [2.05, 4.69) is 5.32 Å². The predicted octanol–water partition coefficient (Wildman–Crippen LogP) is 1.50. The zero-order valence-corrected chi connectivity index (χ0v) is 12.0. The second kappa shape index (κ2) is 6.84. The molecule has 114 valence electrons. The third-order valence-corrected chi connectivity index (χ3v) is 3.66. The largest absolute Gasteiger partial charge is 0.396 e. The Balaban J connectivity index is 2.00. The number of carbonyl (C=O) groups excluding carboxylic acids is 1. The minimum atomic E-state index is -0.566. The van der Waals surface area contributed by atoms with Gasteiger partial charge in [0.15, 0.2) is 0 Å². The summed E-state index contributed by atoms with van der Waals surface area (Å²) in [5.74, 6) is -0.141. The van der Waals surface area contributed by atoms with Crippen LogP contribution in [0, 0.1) is 16.0 Å². The maximum absolute atomic E-state index is 12.0. The van der Waals surface area contributed by atoms with Crippen LogP contribution in [-0.2, 0) is 4.79 Å². The van der Waals surface area contributed by atoms with E-state index < -0.39 is 4.92 Å². The summed E-state index contributed by atoms with van der Waals surface area (Å²) < 4.78 is 0. The van der Waals surface area contributed by atoms with Crippen molar-refractivity contribution in [1.29, 1.82) is 0 Å². The number of benzene rings is 1. The lowest BCUT2D eigenvalue weighted by molar-refractivity contribution is -0.383. The molecule has 0 saturated carbocycles. The fraction of sp³-hybridized carbons (Fsp3) is 0.462. The van der Waals surface area contributed by atoms with Gasteiger partial charge in [-0.25, -0.2) is 0 Å². The van der Waals surface area contributed by atoms with Crippen LogP contribution in [0.2, 0.25) is 5.02 Å². The van der Waals surface area contributed by atoms with Gasteiger partial charge in [0.2, 0.25) is 5.91 Å². The lowest BCUT2D eigenvalue weighted by Crippen LogP contribution is -2.32. The Hall–Kier alpha value is -1.70. The number of aliphatic hydroxyl groups is 1. The van der Waals surface area contributed by atoms with Crippen LogP contribution in [0.3, 0.4) is 0 Å². The van der Waals surface area contributed by atoms with Crippen LogP contribution in [0.1, 0.15) is 6.42 Å². The first-order chi connectivity index (χ1) is 9.99. The number of amides is 1. The minimum absolute atomic E-state index is 0.0930. The number of likely N-dealkylation sites (tertiary alicyclic amines) is 1. The van der Waals surface area contributed by atoms with Crippen LogP contribution in [-0.4, -0.2) is 47.1 Å². The van der Waals surface area contributed by atoms with Crippen molar-refractivity contribution >= 4 is 28.9 Å². The maximum Gasteiger partial charge on any atom is 0.292 e.